The third-order valence-electron chi connectivity index (χ3n) is 9.41. The lowest BCUT2D eigenvalue weighted by Gasteiger charge is -2.22. The second-order valence-electron chi connectivity index (χ2n) is 14.5. The van der Waals surface area contributed by atoms with Gasteiger partial charge in [-0.2, -0.15) is 0 Å². The molecule has 0 saturated heterocycles. The molecule has 0 rings (SSSR count). The second kappa shape index (κ2) is 38.5. The highest BCUT2D eigenvalue weighted by Crippen LogP contribution is 2.18. The molecule has 11 heteroatoms. The smallest absolute Gasteiger partial charge is 0.361 e. The molecule has 0 fully saturated rings. The first kappa shape index (κ1) is 51.2. The summed E-state index contributed by atoms with van der Waals surface area (Å²) in [6.07, 6.45) is 33.4. The highest BCUT2D eigenvalue weighted by molar-refractivity contribution is 5.81. The van der Waals surface area contributed by atoms with Crippen molar-refractivity contribution in [1.29, 1.82) is 0 Å². The molecule has 3 N–H and O–H groups in total. The molecule has 314 valence electrons. The van der Waals surface area contributed by atoms with Gasteiger partial charge in [-0.1, -0.05) is 141 Å². The van der Waals surface area contributed by atoms with E-state index in [1.807, 2.05) is 0 Å². The van der Waals surface area contributed by atoms with Crippen molar-refractivity contribution >= 4 is 23.9 Å². The molecule has 3 atom stereocenters. The molecule has 0 aromatic heterocycles. The van der Waals surface area contributed by atoms with Gasteiger partial charge in [0.25, 0.3) is 0 Å². The molecular formula is C43H76O11. The van der Waals surface area contributed by atoms with Crippen LogP contribution in [0, 0.1) is 5.92 Å². The van der Waals surface area contributed by atoms with Gasteiger partial charge in [0, 0.05) is 0 Å². The first-order chi connectivity index (χ1) is 26.3. The average molecular weight is 769 g/mol. The van der Waals surface area contributed by atoms with Crippen molar-refractivity contribution in [1.82, 2.24) is 0 Å². The highest BCUT2D eigenvalue weighted by Gasteiger charge is 2.37. The molecule has 3 unspecified atom stereocenters. The molecule has 0 aliphatic carbocycles. The van der Waals surface area contributed by atoms with Crippen LogP contribution >= 0.6 is 0 Å². The maximum atomic E-state index is 12.6. The fraction of sp³-hybridized carbons (Fsp3) is 0.814. The fourth-order valence-electron chi connectivity index (χ4n) is 5.94. The first-order valence-electron chi connectivity index (χ1n) is 21.3. The van der Waals surface area contributed by atoms with Gasteiger partial charge in [0.1, 0.15) is 12.0 Å². The van der Waals surface area contributed by atoms with E-state index in [0.29, 0.717) is 12.8 Å². The minimum Gasteiger partial charge on any atom is -0.394 e. The van der Waals surface area contributed by atoms with Gasteiger partial charge in [-0.05, 0) is 64.2 Å². The third kappa shape index (κ3) is 32.7. The van der Waals surface area contributed by atoms with E-state index < -0.39 is 55.0 Å². The zero-order valence-electron chi connectivity index (χ0n) is 33.9. The molecular weight excluding hydrogens is 692 g/mol. The van der Waals surface area contributed by atoms with Gasteiger partial charge in [-0.3, -0.25) is 0 Å². The summed E-state index contributed by atoms with van der Waals surface area (Å²) in [5.41, 5.74) is 0. The van der Waals surface area contributed by atoms with Crippen LogP contribution in [-0.2, 0) is 38.7 Å². The number of allylic oxidation sites excluding steroid dienone is 4. The number of aliphatic hydroxyl groups is 3. The van der Waals surface area contributed by atoms with Crippen molar-refractivity contribution < 1.29 is 54.0 Å². The van der Waals surface area contributed by atoms with Crippen LogP contribution in [0.1, 0.15) is 200 Å². The van der Waals surface area contributed by atoms with Gasteiger partial charge in [0.2, 0.25) is 0 Å². The van der Waals surface area contributed by atoms with E-state index in [0.717, 1.165) is 77.0 Å². The second-order valence-corrected chi connectivity index (χ2v) is 14.5. The Kier molecular flexibility index (Phi) is 36.5. The molecule has 0 aromatic carbocycles. The minimum absolute atomic E-state index is 0.00657. The van der Waals surface area contributed by atoms with E-state index in [9.17, 15) is 34.5 Å². The summed E-state index contributed by atoms with van der Waals surface area (Å²) in [5, 5.41) is 29.4. The van der Waals surface area contributed by atoms with Gasteiger partial charge >= 0.3 is 23.9 Å². The SMILES string of the molecule is CCCCCCCC/C=C\CCCCCCCC(=O)OOC(=O)CC(C(=O)OOC(=O)CCCCCCC/C=C\CCCCCCCC)C(O)C(O)CO. The molecule has 0 aliphatic rings. The standard InChI is InChI=1S/C43H76O11/c1-3-5-7-9-11-13-15-17-19-21-23-25-27-29-31-33-39(46)51-53-41(48)35-37(42(49)38(45)36-44)43(50)54-52-40(47)34-32-30-28-26-24-22-20-18-16-14-12-10-8-6-4-2/h17-20,37-38,42,44-45,49H,3-16,21-36H2,1-2H3/b19-17-,20-18-. The van der Waals surface area contributed by atoms with Gasteiger partial charge in [0.05, 0.1) is 32.0 Å². The summed E-state index contributed by atoms with van der Waals surface area (Å²) < 4.78 is 0. The highest BCUT2D eigenvalue weighted by atomic mass is 17.2. The Hall–Kier alpha value is -2.76. The molecule has 11 nitrogen and oxygen atoms in total. The van der Waals surface area contributed by atoms with Crippen molar-refractivity contribution in [3.8, 4) is 0 Å². The number of aliphatic hydroxyl groups excluding tert-OH is 3. The van der Waals surface area contributed by atoms with Crippen LogP contribution in [-0.4, -0.2) is 58.0 Å². The molecule has 0 spiro atoms. The van der Waals surface area contributed by atoms with Crippen molar-refractivity contribution in [3.63, 3.8) is 0 Å². The summed E-state index contributed by atoms with van der Waals surface area (Å²) in [4.78, 5) is 67.2. The fourth-order valence-corrected chi connectivity index (χ4v) is 5.94. The van der Waals surface area contributed by atoms with Gasteiger partial charge in [-0.15, -0.1) is 0 Å². The molecule has 0 bridgehead atoms. The summed E-state index contributed by atoms with van der Waals surface area (Å²) in [6.45, 7) is 3.54. The van der Waals surface area contributed by atoms with Crippen LogP contribution in [0.4, 0.5) is 0 Å². The summed E-state index contributed by atoms with van der Waals surface area (Å²) in [7, 11) is 0. The minimum atomic E-state index is -1.95. The van der Waals surface area contributed by atoms with Crippen LogP contribution in [0.5, 0.6) is 0 Å². The number of carbonyl (C=O) groups is 4. The van der Waals surface area contributed by atoms with E-state index in [-0.39, 0.29) is 12.8 Å². The lowest BCUT2D eigenvalue weighted by atomic mass is 9.95. The maximum absolute atomic E-state index is 12.6. The molecule has 0 saturated carbocycles. The number of hydrogen-bond donors (Lipinski definition) is 3. The van der Waals surface area contributed by atoms with Crippen LogP contribution in [0.3, 0.4) is 0 Å². The number of hydrogen-bond acceptors (Lipinski definition) is 11. The van der Waals surface area contributed by atoms with E-state index in [1.165, 1.54) is 77.0 Å². The quantitative estimate of drug-likeness (QED) is 0.0240. The Labute approximate surface area is 326 Å². The van der Waals surface area contributed by atoms with Crippen molar-refractivity contribution in [2.75, 3.05) is 6.61 Å². The van der Waals surface area contributed by atoms with Crippen LogP contribution < -0.4 is 0 Å². The first-order valence-corrected chi connectivity index (χ1v) is 21.3. The molecule has 0 heterocycles. The number of unbranched alkanes of at least 4 members (excludes halogenated alkanes) is 22. The predicted molar refractivity (Wildman–Crippen MR) is 210 cm³/mol. The van der Waals surface area contributed by atoms with E-state index in [4.69, 9.17) is 0 Å². The van der Waals surface area contributed by atoms with Crippen molar-refractivity contribution in [3.05, 3.63) is 24.3 Å². The van der Waals surface area contributed by atoms with E-state index in [2.05, 4.69) is 57.7 Å². The number of rotatable bonds is 36. The maximum Gasteiger partial charge on any atom is 0.361 e. The Morgan fingerprint density at radius 3 is 1.19 bits per heavy atom. The molecule has 0 aliphatic heterocycles. The van der Waals surface area contributed by atoms with Crippen LogP contribution in [0.25, 0.3) is 0 Å². The summed E-state index contributed by atoms with van der Waals surface area (Å²) in [6, 6.07) is 0. The van der Waals surface area contributed by atoms with Crippen LogP contribution in [0.15, 0.2) is 24.3 Å². The Balaban J connectivity index is 4.17. The topological polar surface area (TPSA) is 166 Å². The summed E-state index contributed by atoms with van der Waals surface area (Å²) in [5.74, 6) is -5.86. The number of carbonyl (C=O) groups excluding carboxylic acids is 4. The van der Waals surface area contributed by atoms with Gasteiger partial charge in [-0.25, -0.2) is 38.7 Å². The monoisotopic (exact) mass is 769 g/mol. The molecule has 0 aromatic rings. The van der Waals surface area contributed by atoms with Gasteiger partial charge in [0.15, 0.2) is 0 Å². The Morgan fingerprint density at radius 2 is 0.796 bits per heavy atom. The molecule has 0 amide bonds. The lowest BCUT2D eigenvalue weighted by molar-refractivity contribution is -0.269. The zero-order chi connectivity index (χ0) is 39.9. The van der Waals surface area contributed by atoms with E-state index in [1.54, 1.807) is 0 Å². The lowest BCUT2D eigenvalue weighted by Crippen LogP contribution is -2.42. The van der Waals surface area contributed by atoms with Gasteiger partial charge < -0.3 is 15.3 Å². The van der Waals surface area contributed by atoms with E-state index >= 15 is 0 Å². The average Bonchev–Trinajstić information content (AvgIpc) is 3.17. The normalized spacial score (nSPS) is 13.2. The zero-order valence-corrected chi connectivity index (χ0v) is 33.9. The third-order valence-corrected chi connectivity index (χ3v) is 9.41. The Morgan fingerprint density at radius 1 is 0.463 bits per heavy atom. The Bertz CT molecular complexity index is 980. The molecule has 0 radical (unpaired) electrons. The molecule has 54 heavy (non-hydrogen) atoms. The largest absolute Gasteiger partial charge is 0.394 e. The van der Waals surface area contributed by atoms with Crippen molar-refractivity contribution in [2.45, 2.75) is 212 Å². The van der Waals surface area contributed by atoms with Crippen LogP contribution in [0.2, 0.25) is 0 Å². The summed E-state index contributed by atoms with van der Waals surface area (Å²) >= 11 is 0. The van der Waals surface area contributed by atoms with Crippen molar-refractivity contribution in [2.24, 2.45) is 5.92 Å². The predicted octanol–water partition coefficient (Wildman–Crippen LogP) is 9.78.